The number of rotatable bonds is 6. The van der Waals surface area contributed by atoms with E-state index in [1.54, 1.807) is 0 Å². The maximum Gasteiger partial charge on any atom is 0.159 e. The smallest absolute Gasteiger partial charge is 0.159 e. The van der Waals surface area contributed by atoms with Crippen molar-refractivity contribution in [1.82, 2.24) is 0 Å². The van der Waals surface area contributed by atoms with Crippen molar-refractivity contribution in [2.24, 2.45) is 0 Å². The summed E-state index contributed by atoms with van der Waals surface area (Å²) in [5.41, 5.74) is 22.0. The monoisotopic (exact) mass is 851 g/mol. The predicted octanol–water partition coefficient (Wildman–Crippen LogP) is 17.6. The third kappa shape index (κ3) is 5.57. The van der Waals surface area contributed by atoms with Crippen LogP contribution in [0.4, 0.5) is 17.1 Å². The quantitative estimate of drug-likeness (QED) is 0.166. The van der Waals surface area contributed by atoms with Gasteiger partial charge in [-0.25, -0.2) is 0 Å². The summed E-state index contributed by atoms with van der Waals surface area (Å²) in [7, 11) is 0. The van der Waals surface area contributed by atoms with Gasteiger partial charge in [0.2, 0.25) is 0 Å². The number of anilines is 3. The molecule has 0 N–H and O–H groups in total. The van der Waals surface area contributed by atoms with Crippen molar-refractivity contribution in [2.45, 2.75) is 5.41 Å². The molecule has 0 saturated carbocycles. The van der Waals surface area contributed by atoms with Gasteiger partial charge in [0, 0.05) is 27.7 Å². The normalized spacial score (nSPS) is 12.9. The molecule has 2 aliphatic carbocycles. The van der Waals surface area contributed by atoms with Crippen molar-refractivity contribution in [1.29, 1.82) is 0 Å². The van der Waals surface area contributed by atoms with Crippen LogP contribution in [0.1, 0.15) is 22.3 Å². The first kappa shape index (κ1) is 37.6. The fourth-order valence-electron chi connectivity index (χ4n) is 11.5. The summed E-state index contributed by atoms with van der Waals surface area (Å²) in [4.78, 5) is 2.35. The van der Waals surface area contributed by atoms with Gasteiger partial charge in [-0.05, 0) is 126 Å². The first-order chi connectivity index (χ1) is 33.2. The first-order valence-corrected chi connectivity index (χ1v) is 23.2. The topological polar surface area (TPSA) is 16.4 Å². The molecule has 312 valence electrons. The summed E-state index contributed by atoms with van der Waals surface area (Å²) in [6.45, 7) is 0. The molecule has 0 saturated heterocycles. The van der Waals surface area contributed by atoms with Crippen LogP contribution in [0.15, 0.2) is 253 Å². The summed E-state index contributed by atoms with van der Waals surface area (Å²) in [5, 5.41) is 4.66. The molecule has 0 atom stereocenters. The largest absolute Gasteiger partial charge is 0.453 e. The van der Waals surface area contributed by atoms with Crippen LogP contribution in [0.25, 0.3) is 88.3 Å². The predicted molar refractivity (Wildman–Crippen MR) is 279 cm³/mol. The molecule has 2 heteroatoms. The van der Waals surface area contributed by atoms with Crippen LogP contribution < -0.4 is 4.90 Å². The minimum atomic E-state index is -0.392. The van der Waals surface area contributed by atoms with E-state index in [1.165, 1.54) is 77.5 Å². The molecule has 1 aromatic heterocycles. The minimum Gasteiger partial charge on any atom is -0.453 e. The molecule has 0 unspecified atom stereocenters. The molecule has 2 aliphatic rings. The van der Waals surface area contributed by atoms with Crippen LogP contribution in [0, 0.1) is 0 Å². The van der Waals surface area contributed by atoms with Crippen molar-refractivity contribution in [3.63, 3.8) is 0 Å². The Morgan fingerprint density at radius 3 is 1.40 bits per heavy atom. The zero-order valence-corrected chi connectivity index (χ0v) is 36.5. The lowest BCUT2D eigenvalue weighted by molar-refractivity contribution is 0.670. The third-order valence-electron chi connectivity index (χ3n) is 14.5. The molecule has 0 bridgehead atoms. The van der Waals surface area contributed by atoms with E-state index >= 15 is 0 Å². The molecule has 1 heterocycles. The van der Waals surface area contributed by atoms with Crippen molar-refractivity contribution >= 4 is 49.8 Å². The van der Waals surface area contributed by atoms with Crippen LogP contribution in [-0.2, 0) is 5.41 Å². The van der Waals surface area contributed by atoms with Gasteiger partial charge in [-0.1, -0.05) is 206 Å². The molecule has 1 spiro atoms. The van der Waals surface area contributed by atoms with Crippen LogP contribution in [0.3, 0.4) is 0 Å². The van der Waals surface area contributed by atoms with Crippen LogP contribution in [0.5, 0.6) is 0 Å². The minimum absolute atomic E-state index is 0.392. The second kappa shape index (κ2) is 14.7. The molecule has 0 radical (unpaired) electrons. The summed E-state index contributed by atoms with van der Waals surface area (Å²) in [5.74, 6) is 0. The second-order valence-electron chi connectivity index (χ2n) is 17.9. The van der Waals surface area contributed by atoms with E-state index in [0.717, 1.165) is 50.1 Å². The highest BCUT2D eigenvalue weighted by atomic mass is 16.3. The highest BCUT2D eigenvalue weighted by molar-refractivity contribution is 6.13. The Labute approximate surface area is 389 Å². The Morgan fingerprint density at radius 2 is 0.761 bits per heavy atom. The Morgan fingerprint density at radius 1 is 0.284 bits per heavy atom. The highest BCUT2D eigenvalue weighted by Crippen LogP contribution is 2.63. The van der Waals surface area contributed by atoms with E-state index in [0.29, 0.717) is 0 Å². The Hall–Kier alpha value is -8.72. The summed E-state index contributed by atoms with van der Waals surface area (Å²) < 4.78 is 7.04. The summed E-state index contributed by atoms with van der Waals surface area (Å²) >= 11 is 0. The molecule has 0 amide bonds. The van der Waals surface area contributed by atoms with Gasteiger partial charge in [-0.2, -0.15) is 0 Å². The third-order valence-corrected chi connectivity index (χ3v) is 14.5. The molecular weight excluding hydrogens is 811 g/mol. The van der Waals surface area contributed by atoms with Crippen LogP contribution >= 0.6 is 0 Å². The average molecular weight is 852 g/mol. The van der Waals surface area contributed by atoms with E-state index in [-0.39, 0.29) is 0 Å². The molecule has 0 fully saturated rings. The maximum atomic E-state index is 7.04. The Balaban J connectivity index is 0.914. The van der Waals surface area contributed by atoms with Gasteiger partial charge in [-0.3, -0.25) is 0 Å². The number of benzene rings is 11. The first-order valence-electron chi connectivity index (χ1n) is 23.2. The van der Waals surface area contributed by atoms with E-state index in [1.807, 2.05) is 0 Å². The van der Waals surface area contributed by atoms with Gasteiger partial charge in [0.05, 0.1) is 11.1 Å². The lowest BCUT2D eigenvalue weighted by Crippen LogP contribution is -2.25. The number of para-hydroxylation sites is 2. The Kier molecular flexibility index (Phi) is 8.23. The van der Waals surface area contributed by atoms with Crippen molar-refractivity contribution in [2.75, 3.05) is 4.90 Å². The fraction of sp³-hybridized carbons (Fsp3) is 0.0154. The standard InChI is InChI=1S/C65H41NO/c1-2-15-45(16-3-1)51-21-12-22-56-57-23-13-27-62(64(57)67-63(51)56)66(49-35-30-43(31-36-49)47-29-28-42-14-4-5-17-46(42)40-47)50-37-32-44(33-38-50)48-34-39-55-54-20-8-11-26-60(54)65(61(55)41-48)58-24-9-6-18-52(58)53-19-7-10-25-59(53)65/h1-41H. The highest BCUT2D eigenvalue weighted by Gasteiger charge is 2.51. The van der Waals surface area contributed by atoms with E-state index in [9.17, 15) is 0 Å². The summed E-state index contributed by atoms with van der Waals surface area (Å²) in [6, 6.07) is 91.0. The van der Waals surface area contributed by atoms with Gasteiger partial charge in [0.25, 0.3) is 0 Å². The van der Waals surface area contributed by atoms with Gasteiger partial charge >= 0.3 is 0 Å². The average Bonchev–Trinajstić information content (AvgIpc) is 4.04. The lowest BCUT2D eigenvalue weighted by Gasteiger charge is -2.30. The molecule has 0 aliphatic heterocycles. The number of hydrogen-bond donors (Lipinski definition) is 0. The van der Waals surface area contributed by atoms with Crippen molar-refractivity contribution < 1.29 is 4.42 Å². The van der Waals surface area contributed by atoms with Crippen molar-refractivity contribution in [3.05, 3.63) is 271 Å². The molecule has 12 aromatic rings. The second-order valence-corrected chi connectivity index (χ2v) is 17.9. The van der Waals surface area contributed by atoms with E-state index in [2.05, 4.69) is 254 Å². The van der Waals surface area contributed by atoms with Gasteiger partial charge in [0.1, 0.15) is 5.58 Å². The summed E-state index contributed by atoms with van der Waals surface area (Å²) in [6.07, 6.45) is 0. The SMILES string of the molecule is c1ccc(-c2cccc3c2oc2c(N(c4ccc(-c5ccc6c(c5)C5(c7ccccc7-c7ccccc75)c5ccccc5-6)cc4)c4ccc(-c5ccc6ccccc6c5)cc4)cccc23)cc1. The lowest BCUT2D eigenvalue weighted by atomic mass is 9.70. The maximum absolute atomic E-state index is 7.04. The molecule has 14 rings (SSSR count). The van der Waals surface area contributed by atoms with Crippen LogP contribution in [0.2, 0.25) is 0 Å². The van der Waals surface area contributed by atoms with Gasteiger partial charge in [-0.15, -0.1) is 0 Å². The van der Waals surface area contributed by atoms with Crippen LogP contribution in [-0.4, -0.2) is 0 Å². The Bertz CT molecular complexity index is 3850. The van der Waals surface area contributed by atoms with Gasteiger partial charge in [0.15, 0.2) is 5.58 Å². The molecule has 2 nitrogen and oxygen atoms in total. The van der Waals surface area contributed by atoms with Gasteiger partial charge < -0.3 is 9.32 Å². The number of hydrogen-bond acceptors (Lipinski definition) is 2. The number of furan rings is 1. The van der Waals surface area contributed by atoms with Crippen molar-refractivity contribution in [3.8, 4) is 55.6 Å². The number of fused-ring (bicyclic) bond motifs is 14. The van der Waals surface area contributed by atoms with E-state index in [4.69, 9.17) is 4.42 Å². The fourth-order valence-corrected chi connectivity index (χ4v) is 11.5. The molecule has 11 aromatic carbocycles. The molecular formula is C65H41NO. The zero-order chi connectivity index (χ0) is 44.1. The zero-order valence-electron chi connectivity index (χ0n) is 36.5. The molecule has 67 heavy (non-hydrogen) atoms. The number of nitrogens with zero attached hydrogens (tertiary/aromatic N) is 1. The van der Waals surface area contributed by atoms with E-state index < -0.39 is 5.41 Å².